The van der Waals surface area contributed by atoms with Crippen molar-refractivity contribution in [3.63, 3.8) is 0 Å². The summed E-state index contributed by atoms with van der Waals surface area (Å²) in [6.07, 6.45) is 5.73. The minimum atomic E-state index is -0.502. The largest absolute Gasteiger partial charge is 0.391 e. The molecule has 0 unspecified atom stereocenters. The highest BCUT2D eigenvalue weighted by molar-refractivity contribution is 7.80. The molecule has 0 bridgehead atoms. The average molecular weight is 256 g/mol. The third kappa shape index (κ3) is 2.79. The third-order valence-electron chi connectivity index (χ3n) is 4.29. The topological polar surface area (TPSA) is 55.1 Å². The summed E-state index contributed by atoms with van der Waals surface area (Å²) < 4.78 is 0. The fraction of sp³-hybridized carbons (Fsp3) is 0.846. The van der Waals surface area contributed by atoms with Crippen LogP contribution in [-0.4, -0.2) is 16.4 Å². The van der Waals surface area contributed by atoms with Crippen LogP contribution >= 0.6 is 12.2 Å². The van der Waals surface area contributed by atoms with Crippen molar-refractivity contribution in [2.24, 2.45) is 11.1 Å². The van der Waals surface area contributed by atoms with Crippen LogP contribution in [0.25, 0.3) is 0 Å². The van der Waals surface area contributed by atoms with E-state index in [9.17, 15) is 4.79 Å². The van der Waals surface area contributed by atoms with Crippen LogP contribution in [0.2, 0.25) is 0 Å². The summed E-state index contributed by atoms with van der Waals surface area (Å²) in [5, 5.41) is 3.11. The van der Waals surface area contributed by atoms with Crippen LogP contribution in [0.5, 0.6) is 0 Å². The van der Waals surface area contributed by atoms with Gasteiger partial charge in [0.15, 0.2) is 0 Å². The fourth-order valence-corrected chi connectivity index (χ4v) is 2.93. The van der Waals surface area contributed by atoms with E-state index in [0.717, 1.165) is 38.5 Å². The second-order valence-corrected chi connectivity index (χ2v) is 5.82. The molecule has 0 heterocycles. The SMILES string of the molecule is CCC(CC)(NC(=O)C1(C)CCCC1)C(N)=S. The number of nitrogens with two attached hydrogens (primary N) is 1. The molecule has 0 spiro atoms. The summed E-state index contributed by atoms with van der Waals surface area (Å²) in [6.45, 7) is 6.07. The van der Waals surface area contributed by atoms with Gasteiger partial charge in [-0.25, -0.2) is 0 Å². The fourth-order valence-electron chi connectivity index (χ4n) is 2.59. The van der Waals surface area contributed by atoms with E-state index in [2.05, 4.69) is 5.32 Å². The van der Waals surface area contributed by atoms with Crippen LogP contribution in [0.1, 0.15) is 59.3 Å². The summed E-state index contributed by atoms with van der Waals surface area (Å²) in [7, 11) is 0. The Hall–Kier alpha value is -0.640. The molecule has 0 aromatic carbocycles. The van der Waals surface area contributed by atoms with Gasteiger partial charge in [0.25, 0.3) is 0 Å². The molecule has 1 saturated carbocycles. The van der Waals surface area contributed by atoms with E-state index in [1.807, 2.05) is 20.8 Å². The Morgan fingerprint density at radius 3 is 2.18 bits per heavy atom. The lowest BCUT2D eigenvalue weighted by atomic mass is 9.84. The molecule has 17 heavy (non-hydrogen) atoms. The van der Waals surface area contributed by atoms with E-state index in [4.69, 9.17) is 18.0 Å². The highest BCUT2D eigenvalue weighted by Crippen LogP contribution is 2.38. The van der Waals surface area contributed by atoms with Gasteiger partial charge in [-0.1, -0.05) is 45.8 Å². The summed E-state index contributed by atoms with van der Waals surface area (Å²) >= 11 is 5.12. The molecule has 1 fully saturated rings. The molecule has 0 radical (unpaired) electrons. The zero-order valence-electron chi connectivity index (χ0n) is 11.1. The standard InChI is InChI=1S/C13H24N2OS/c1-4-13(5-2,10(14)17)15-11(16)12(3)8-6-7-9-12/h4-9H2,1-3H3,(H2,14,17)(H,15,16). The van der Waals surface area contributed by atoms with E-state index in [-0.39, 0.29) is 11.3 Å². The van der Waals surface area contributed by atoms with Gasteiger partial charge < -0.3 is 11.1 Å². The number of carbonyl (C=O) groups excluding carboxylic acids is 1. The molecule has 0 saturated heterocycles. The Balaban J connectivity index is 2.80. The smallest absolute Gasteiger partial charge is 0.226 e. The van der Waals surface area contributed by atoms with Gasteiger partial charge in [0.1, 0.15) is 0 Å². The van der Waals surface area contributed by atoms with Crippen molar-refractivity contribution in [1.29, 1.82) is 0 Å². The molecule has 3 nitrogen and oxygen atoms in total. The minimum Gasteiger partial charge on any atom is -0.391 e. The number of carbonyl (C=O) groups is 1. The predicted octanol–water partition coefficient (Wildman–Crippen LogP) is 2.53. The Morgan fingerprint density at radius 1 is 1.35 bits per heavy atom. The molecule has 3 N–H and O–H groups in total. The summed E-state index contributed by atoms with van der Waals surface area (Å²) in [5.74, 6) is 0.117. The first kappa shape index (κ1) is 14.4. The van der Waals surface area contributed by atoms with Crippen molar-refractivity contribution in [3.8, 4) is 0 Å². The van der Waals surface area contributed by atoms with Gasteiger partial charge in [-0.2, -0.15) is 0 Å². The minimum absolute atomic E-state index is 0.117. The Kier molecular flexibility index (Phi) is 4.53. The van der Waals surface area contributed by atoms with Gasteiger partial charge in [-0.15, -0.1) is 0 Å². The number of thiocarbonyl (C=S) groups is 1. The average Bonchev–Trinajstić information content (AvgIpc) is 2.73. The van der Waals surface area contributed by atoms with Crippen molar-refractivity contribution >= 4 is 23.1 Å². The van der Waals surface area contributed by atoms with Crippen LogP contribution in [0.3, 0.4) is 0 Å². The third-order valence-corrected chi connectivity index (χ3v) is 4.68. The number of amides is 1. The van der Waals surface area contributed by atoms with Crippen LogP contribution < -0.4 is 11.1 Å². The van der Waals surface area contributed by atoms with E-state index in [0.29, 0.717) is 4.99 Å². The molecule has 0 aromatic rings. The number of rotatable bonds is 5. The maximum atomic E-state index is 12.4. The molecule has 0 atom stereocenters. The Labute approximate surface area is 110 Å². The van der Waals surface area contributed by atoms with Gasteiger partial charge in [-0.05, 0) is 25.7 Å². The molecule has 0 aromatic heterocycles. The van der Waals surface area contributed by atoms with Gasteiger partial charge in [0.05, 0.1) is 10.5 Å². The summed E-state index contributed by atoms with van der Waals surface area (Å²) in [5.41, 5.74) is 5.08. The van der Waals surface area contributed by atoms with Crippen LogP contribution in [0, 0.1) is 5.41 Å². The zero-order valence-corrected chi connectivity index (χ0v) is 12.0. The van der Waals surface area contributed by atoms with E-state index >= 15 is 0 Å². The lowest BCUT2D eigenvalue weighted by molar-refractivity contribution is -0.131. The predicted molar refractivity (Wildman–Crippen MR) is 74.8 cm³/mol. The van der Waals surface area contributed by atoms with Gasteiger partial charge in [0, 0.05) is 5.41 Å². The van der Waals surface area contributed by atoms with E-state index in [1.54, 1.807) is 0 Å². The van der Waals surface area contributed by atoms with Crippen molar-refractivity contribution < 1.29 is 4.79 Å². The maximum absolute atomic E-state index is 12.4. The van der Waals surface area contributed by atoms with Crippen LogP contribution in [-0.2, 0) is 4.79 Å². The second-order valence-electron chi connectivity index (χ2n) is 5.38. The van der Waals surface area contributed by atoms with Gasteiger partial charge >= 0.3 is 0 Å². The number of nitrogens with one attached hydrogen (secondary N) is 1. The molecule has 0 aliphatic heterocycles. The molecular formula is C13H24N2OS. The maximum Gasteiger partial charge on any atom is 0.226 e. The highest BCUT2D eigenvalue weighted by Gasteiger charge is 2.41. The number of hydrogen-bond donors (Lipinski definition) is 2. The summed E-state index contributed by atoms with van der Waals surface area (Å²) in [6, 6.07) is 0. The van der Waals surface area contributed by atoms with Crippen molar-refractivity contribution in [2.45, 2.75) is 64.8 Å². The van der Waals surface area contributed by atoms with Gasteiger partial charge in [-0.3, -0.25) is 4.79 Å². The van der Waals surface area contributed by atoms with E-state index < -0.39 is 5.54 Å². The normalized spacial score (nSPS) is 19.0. The molecule has 1 rings (SSSR count). The molecule has 1 aliphatic rings. The lowest BCUT2D eigenvalue weighted by Crippen LogP contribution is -2.58. The van der Waals surface area contributed by atoms with Crippen molar-refractivity contribution in [3.05, 3.63) is 0 Å². The molecule has 4 heteroatoms. The first-order valence-electron chi connectivity index (χ1n) is 6.53. The van der Waals surface area contributed by atoms with E-state index in [1.165, 1.54) is 0 Å². The molecular weight excluding hydrogens is 232 g/mol. The van der Waals surface area contributed by atoms with Crippen LogP contribution in [0.4, 0.5) is 0 Å². The first-order chi connectivity index (χ1) is 7.90. The Morgan fingerprint density at radius 2 is 1.82 bits per heavy atom. The Bertz CT molecular complexity index is 305. The zero-order chi connectivity index (χ0) is 13.1. The first-order valence-corrected chi connectivity index (χ1v) is 6.93. The highest BCUT2D eigenvalue weighted by atomic mass is 32.1. The molecule has 98 valence electrons. The lowest BCUT2D eigenvalue weighted by Gasteiger charge is -2.35. The van der Waals surface area contributed by atoms with Crippen molar-refractivity contribution in [2.75, 3.05) is 0 Å². The van der Waals surface area contributed by atoms with Gasteiger partial charge in [0.2, 0.25) is 5.91 Å². The molecule has 1 amide bonds. The summed E-state index contributed by atoms with van der Waals surface area (Å²) in [4.78, 5) is 12.8. The monoisotopic (exact) mass is 256 g/mol. The van der Waals surface area contributed by atoms with Crippen molar-refractivity contribution in [1.82, 2.24) is 5.32 Å². The second kappa shape index (κ2) is 5.34. The quantitative estimate of drug-likeness (QED) is 0.743. The van der Waals surface area contributed by atoms with Crippen LogP contribution in [0.15, 0.2) is 0 Å². The number of hydrogen-bond acceptors (Lipinski definition) is 2. The molecule has 1 aliphatic carbocycles.